The van der Waals surface area contributed by atoms with Crippen LogP contribution in [-0.4, -0.2) is 22.4 Å². The molecule has 0 bridgehead atoms. The lowest BCUT2D eigenvalue weighted by Crippen LogP contribution is -2.29. The van der Waals surface area contributed by atoms with Crippen molar-refractivity contribution in [3.05, 3.63) is 77.6 Å². The molecule has 1 aliphatic rings. The molecule has 2 heterocycles. The number of carbonyl (C=O) groups excluding carboxylic acids is 1. The maximum Gasteiger partial charge on any atom is 0.261 e. The van der Waals surface area contributed by atoms with Crippen LogP contribution in [0, 0.1) is 11.6 Å². The molecule has 1 amide bonds. The van der Waals surface area contributed by atoms with Gasteiger partial charge in [-0.3, -0.25) is 4.79 Å². The number of hydrogen-bond acceptors (Lipinski definition) is 4. The lowest BCUT2D eigenvalue weighted by molar-refractivity contribution is 0.0988. The van der Waals surface area contributed by atoms with E-state index in [0.717, 1.165) is 29.8 Å². The molecule has 2 aromatic carbocycles. The molecule has 130 valence electrons. The number of amides is 1. The van der Waals surface area contributed by atoms with Crippen LogP contribution in [0.2, 0.25) is 0 Å². The number of anilines is 3. The summed E-state index contributed by atoms with van der Waals surface area (Å²) >= 11 is 0. The first-order chi connectivity index (χ1) is 12.6. The predicted octanol–water partition coefficient (Wildman–Crippen LogP) is 3.70. The normalized spacial score (nSPS) is 12.8. The molecule has 1 aliphatic heterocycles. The van der Waals surface area contributed by atoms with E-state index in [-0.39, 0.29) is 17.5 Å². The zero-order valence-electron chi connectivity index (χ0n) is 13.6. The highest BCUT2D eigenvalue weighted by Gasteiger charge is 2.25. The van der Waals surface area contributed by atoms with Gasteiger partial charge in [-0.1, -0.05) is 18.2 Å². The molecule has 0 spiro atoms. The van der Waals surface area contributed by atoms with Crippen LogP contribution >= 0.6 is 0 Å². The van der Waals surface area contributed by atoms with Gasteiger partial charge in [0.15, 0.2) is 0 Å². The monoisotopic (exact) mass is 352 g/mol. The van der Waals surface area contributed by atoms with Crippen LogP contribution in [0.15, 0.2) is 54.9 Å². The van der Waals surface area contributed by atoms with E-state index in [9.17, 15) is 13.6 Å². The Kier molecular flexibility index (Phi) is 4.04. The van der Waals surface area contributed by atoms with Gasteiger partial charge in [0.2, 0.25) is 5.95 Å². The fourth-order valence-electron chi connectivity index (χ4n) is 2.92. The minimum Gasteiger partial charge on any atom is -0.322 e. The van der Waals surface area contributed by atoms with Crippen molar-refractivity contribution in [3.63, 3.8) is 0 Å². The Morgan fingerprint density at radius 2 is 1.85 bits per heavy atom. The Morgan fingerprint density at radius 3 is 2.62 bits per heavy atom. The molecule has 4 rings (SSSR count). The number of halogens is 2. The van der Waals surface area contributed by atoms with Gasteiger partial charge in [-0.2, -0.15) is 0 Å². The van der Waals surface area contributed by atoms with Crippen molar-refractivity contribution in [2.45, 2.75) is 6.42 Å². The summed E-state index contributed by atoms with van der Waals surface area (Å²) in [5.41, 5.74) is 2.42. The summed E-state index contributed by atoms with van der Waals surface area (Å²) in [7, 11) is 0. The van der Waals surface area contributed by atoms with E-state index < -0.39 is 11.6 Å². The second-order valence-electron chi connectivity index (χ2n) is 5.88. The summed E-state index contributed by atoms with van der Waals surface area (Å²) in [5.74, 6) is -1.48. The fourth-order valence-corrected chi connectivity index (χ4v) is 2.92. The van der Waals surface area contributed by atoms with E-state index in [1.54, 1.807) is 4.90 Å². The Hall–Kier alpha value is -3.35. The van der Waals surface area contributed by atoms with Crippen LogP contribution in [0.5, 0.6) is 0 Å². The van der Waals surface area contributed by atoms with Gasteiger partial charge in [0, 0.05) is 30.7 Å². The van der Waals surface area contributed by atoms with E-state index in [1.165, 1.54) is 18.5 Å². The quantitative estimate of drug-likeness (QED) is 0.781. The molecule has 0 radical (unpaired) electrons. The smallest absolute Gasteiger partial charge is 0.261 e. The average molecular weight is 352 g/mol. The first-order valence-electron chi connectivity index (χ1n) is 8.06. The van der Waals surface area contributed by atoms with Crippen molar-refractivity contribution in [1.82, 2.24) is 9.97 Å². The van der Waals surface area contributed by atoms with E-state index in [1.807, 2.05) is 24.3 Å². The standard InChI is InChI=1S/C19H14F2N4O/c20-14-5-6-16(15(21)9-14)24-19-22-10-13(11-23-19)18(26)25-8-7-12-3-1-2-4-17(12)25/h1-6,9-11H,7-8H2,(H,22,23,24). The average Bonchev–Trinajstić information content (AvgIpc) is 3.08. The SMILES string of the molecule is O=C(c1cnc(Nc2ccc(F)cc2F)nc1)N1CCc2ccccc21. The number of benzene rings is 2. The lowest BCUT2D eigenvalue weighted by atomic mass is 10.2. The Morgan fingerprint density at radius 1 is 1.08 bits per heavy atom. The third-order valence-electron chi connectivity index (χ3n) is 4.21. The topological polar surface area (TPSA) is 58.1 Å². The number of carbonyl (C=O) groups is 1. The zero-order chi connectivity index (χ0) is 18.1. The van der Waals surface area contributed by atoms with Gasteiger partial charge in [0.1, 0.15) is 11.6 Å². The third kappa shape index (κ3) is 2.99. The summed E-state index contributed by atoms with van der Waals surface area (Å²) < 4.78 is 26.6. The van der Waals surface area contributed by atoms with Crippen LogP contribution in [0.4, 0.5) is 26.1 Å². The van der Waals surface area contributed by atoms with Crippen molar-refractivity contribution in [2.24, 2.45) is 0 Å². The van der Waals surface area contributed by atoms with Gasteiger partial charge in [-0.15, -0.1) is 0 Å². The number of rotatable bonds is 3. The molecule has 0 unspecified atom stereocenters. The maximum atomic E-state index is 13.7. The summed E-state index contributed by atoms with van der Waals surface area (Å²) in [5, 5.41) is 2.66. The molecule has 0 saturated carbocycles. The minimum atomic E-state index is -0.748. The van der Waals surface area contributed by atoms with Gasteiger partial charge in [0.05, 0.1) is 11.3 Å². The highest BCUT2D eigenvalue weighted by atomic mass is 19.1. The first kappa shape index (κ1) is 16.1. The molecular formula is C19H14F2N4O. The third-order valence-corrected chi connectivity index (χ3v) is 4.21. The molecular weight excluding hydrogens is 338 g/mol. The second kappa shape index (κ2) is 6.51. The molecule has 26 heavy (non-hydrogen) atoms. The summed E-state index contributed by atoms with van der Waals surface area (Å²) in [6.07, 6.45) is 3.59. The molecule has 0 atom stereocenters. The largest absolute Gasteiger partial charge is 0.322 e. The van der Waals surface area contributed by atoms with Gasteiger partial charge in [0.25, 0.3) is 5.91 Å². The molecule has 1 aromatic heterocycles. The van der Waals surface area contributed by atoms with Crippen molar-refractivity contribution in [1.29, 1.82) is 0 Å². The molecule has 3 aromatic rings. The number of fused-ring (bicyclic) bond motifs is 1. The van der Waals surface area contributed by atoms with Crippen LogP contribution in [-0.2, 0) is 6.42 Å². The highest BCUT2D eigenvalue weighted by molar-refractivity contribution is 6.07. The molecule has 1 N–H and O–H groups in total. The predicted molar refractivity (Wildman–Crippen MR) is 93.5 cm³/mol. The van der Waals surface area contributed by atoms with Crippen LogP contribution in [0.1, 0.15) is 15.9 Å². The van der Waals surface area contributed by atoms with E-state index in [2.05, 4.69) is 15.3 Å². The fraction of sp³-hybridized carbons (Fsp3) is 0.105. The number of nitrogens with zero attached hydrogens (tertiary/aromatic N) is 3. The van der Waals surface area contributed by atoms with Crippen molar-refractivity contribution < 1.29 is 13.6 Å². The van der Waals surface area contributed by atoms with Gasteiger partial charge in [-0.25, -0.2) is 18.7 Å². The van der Waals surface area contributed by atoms with Crippen molar-refractivity contribution in [2.75, 3.05) is 16.8 Å². The summed E-state index contributed by atoms with van der Waals surface area (Å²) in [6, 6.07) is 10.9. The Labute approximate surface area is 148 Å². The molecule has 5 nitrogen and oxygen atoms in total. The van der Waals surface area contributed by atoms with Crippen molar-refractivity contribution >= 4 is 23.2 Å². The van der Waals surface area contributed by atoms with E-state index in [0.29, 0.717) is 12.1 Å². The van der Waals surface area contributed by atoms with Crippen LogP contribution in [0.3, 0.4) is 0 Å². The van der Waals surface area contributed by atoms with Crippen LogP contribution < -0.4 is 10.2 Å². The highest BCUT2D eigenvalue weighted by Crippen LogP contribution is 2.28. The van der Waals surface area contributed by atoms with E-state index >= 15 is 0 Å². The summed E-state index contributed by atoms with van der Waals surface area (Å²) in [6.45, 7) is 0.610. The van der Waals surface area contributed by atoms with Gasteiger partial charge in [-0.05, 0) is 30.2 Å². The molecule has 0 aliphatic carbocycles. The Bertz CT molecular complexity index is 976. The first-order valence-corrected chi connectivity index (χ1v) is 8.06. The van der Waals surface area contributed by atoms with E-state index in [4.69, 9.17) is 0 Å². The molecule has 0 saturated heterocycles. The van der Waals surface area contributed by atoms with Crippen molar-refractivity contribution in [3.8, 4) is 0 Å². The molecule has 0 fully saturated rings. The minimum absolute atomic E-state index is 0.0546. The number of nitrogens with one attached hydrogen (secondary N) is 1. The van der Waals surface area contributed by atoms with Crippen LogP contribution in [0.25, 0.3) is 0 Å². The summed E-state index contributed by atoms with van der Waals surface area (Å²) in [4.78, 5) is 22.5. The maximum absolute atomic E-state index is 13.7. The zero-order valence-corrected chi connectivity index (χ0v) is 13.6. The second-order valence-corrected chi connectivity index (χ2v) is 5.88. The number of aromatic nitrogens is 2. The van der Waals surface area contributed by atoms with Gasteiger partial charge >= 0.3 is 0 Å². The Balaban J connectivity index is 1.52. The number of hydrogen-bond donors (Lipinski definition) is 1. The van der Waals surface area contributed by atoms with Gasteiger partial charge < -0.3 is 10.2 Å². The lowest BCUT2D eigenvalue weighted by Gasteiger charge is -2.17. The molecule has 7 heteroatoms. The number of para-hydroxylation sites is 1.